The van der Waals surface area contributed by atoms with Gasteiger partial charge in [-0.2, -0.15) is 4.98 Å². The second-order valence-corrected chi connectivity index (χ2v) is 10.5. The van der Waals surface area contributed by atoms with Crippen LogP contribution in [0.15, 0.2) is 51.9 Å². The van der Waals surface area contributed by atoms with Crippen molar-refractivity contribution in [2.45, 2.75) is 50.5 Å². The third kappa shape index (κ3) is 5.22. The fourth-order valence-electron chi connectivity index (χ4n) is 3.50. The van der Waals surface area contributed by atoms with Gasteiger partial charge in [-0.25, -0.2) is 8.42 Å². The lowest BCUT2D eigenvalue weighted by atomic mass is 10.0. The molecule has 1 aliphatic carbocycles. The van der Waals surface area contributed by atoms with Crippen LogP contribution in [0.25, 0.3) is 0 Å². The SMILES string of the molecule is COc1ccc(NS(=O)(=O)c2ccc(C)c(C(=O)NC(c3nc(C4CC4)no3)C(C)C)c2)cc1. The summed E-state index contributed by atoms with van der Waals surface area (Å²) in [6.07, 6.45) is 2.09. The number of hydrogen-bond acceptors (Lipinski definition) is 7. The molecular formula is C24H28N4O5S. The van der Waals surface area contributed by atoms with Crippen molar-refractivity contribution in [2.75, 3.05) is 11.8 Å². The predicted octanol–water partition coefficient (Wildman–Crippen LogP) is 4.19. The zero-order chi connectivity index (χ0) is 24.5. The molecule has 1 saturated carbocycles. The van der Waals surface area contributed by atoms with E-state index in [1.165, 1.54) is 19.2 Å². The molecule has 1 aliphatic rings. The van der Waals surface area contributed by atoms with Crippen molar-refractivity contribution in [1.82, 2.24) is 15.5 Å². The molecule has 10 heteroatoms. The van der Waals surface area contributed by atoms with E-state index >= 15 is 0 Å². The summed E-state index contributed by atoms with van der Waals surface area (Å²) in [4.78, 5) is 17.6. The monoisotopic (exact) mass is 484 g/mol. The van der Waals surface area contributed by atoms with Crippen molar-refractivity contribution < 1.29 is 22.5 Å². The summed E-state index contributed by atoms with van der Waals surface area (Å²) in [5, 5.41) is 6.98. The third-order valence-corrected chi connectivity index (χ3v) is 7.10. The molecule has 1 aromatic heterocycles. The zero-order valence-corrected chi connectivity index (χ0v) is 20.3. The molecule has 1 amide bonds. The van der Waals surface area contributed by atoms with E-state index in [2.05, 4.69) is 20.2 Å². The number of hydrogen-bond donors (Lipinski definition) is 2. The van der Waals surface area contributed by atoms with E-state index in [4.69, 9.17) is 9.26 Å². The molecular weight excluding hydrogens is 456 g/mol. The number of carbonyl (C=O) groups excluding carboxylic acids is 1. The van der Waals surface area contributed by atoms with Crippen molar-refractivity contribution in [3.8, 4) is 5.75 Å². The van der Waals surface area contributed by atoms with E-state index in [0.29, 0.717) is 34.6 Å². The molecule has 180 valence electrons. The first-order valence-corrected chi connectivity index (χ1v) is 12.6. The average Bonchev–Trinajstić information content (AvgIpc) is 3.54. The molecule has 9 nitrogen and oxygen atoms in total. The Morgan fingerprint density at radius 1 is 1.15 bits per heavy atom. The standard InChI is InChI=1S/C24H28N4O5S/c1-14(2)21(24-26-22(27-33-24)16-6-7-16)25-23(29)20-13-19(12-5-15(20)3)34(30,31)28-17-8-10-18(32-4)11-9-17/h5,8-14,16,21,28H,6-7H2,1-4H3,(H,25,29). The third-order valence-electron chi connectivity index (χ3n) is 5.73. The minimum absolute atomic E-state index is 0.0135. The second-order valence-electron chi connectivity index (χ2n) is 8.77. The van der Waals surface area contributed by atoms with Crippen LogP contribution in [0.1, 0.15) is 66.3 Å². The lowest BCUT2D eigenvalue weighted by molar-refractivity contribution is 0.0913. The van der Waals surface area contributed by atoms with Gasteiger partial charge in [0, 0.05) is 17.2 Å². The Kier molecular flexibility index (Phi) is 6.60. The smallest absolute Gasteiger partial charge is 0.261 e. The summed E-state index contributed by atoms with van der Waals surface area (Å²) in [6, 6.07) is 10.5. The van der Waals surface area contributed by atoms with Crippen molar-refractivity contribution in [2.24, 2.45) is 5.92 Å². The van der Waals surface area contributed by atoms with Crippen LogP contribution in [0.5, 0.6) is 5.75 Å². The molecule has 34 heavy (non-hydrogen) atoms. The van der Waals surface area contributed by atoms with Gasteiger partial charge in [-0.3, -0.25) is 9.52 Å². The number of aryl methyl sites for hydroxylation is 1. The van der Waals surface area contributed by atoms with Gasteiger partial charge < -0.3 is 14.6 Å². The van der Waals surface area contributed by atoms with E-state index in [9.17, 15) is 13.2 Å². The number of nitrogens with zero attached hydrogens (tertiary/aromatic N) is 2. The Labute approximate surface area is 199 Å². The molecule has 2 N–H and O–H groups in total. The number of amides is 1. The quantitative estimate of drug-likeness (QED) is 0.467. The first-order chi connectivity index (χ1) is 16.2. The van der Waals surface area contributed by atoms with Gasteiger partial charge in [0.05, 0.1) is 12.0 Å². The molecule has 2 aromatic carbocycles. The van der Waals surface area contributed by atoms with Crippen LogP contribution in [0, 0.1) is 12.8 Å². The number of nitrogens with one attached hydrogen (secondary N) is 2. The van der Waals surface area contributed by atoms with Crippen LogP contribution in [0.2, 0.25) is 0 Å². The van der Waals surface area contributed by atoms with Crippen LogP contribution in [-0.4, -0.2) is 31.6 Å². The van der Waals surface area contributed by atoms with Crippen LogP contribution in [0.4, 0.5) is 5.69 Å². The van der Waals surface area contributed by atoms with Crippen LogP contribution >= 0.6 is 0 Å². The van der Waals surface area contributed by atoms with E-state index in [1.54, 1.807) is 37.3 Å². The highest BCUT2D eigenvalue weighted by Crippen LogP contribution is 2.38. The highest BCUT2D eigenvalue weighted by atomic mass is 32.2. The van der Waals surface area contributed by atoms with E-state index < -0.39 is 22.0 Å². The summed E-state index contributed by atoms with van der Waals surface area (Å²) in [7, 11) is -2.38. The maximum atomic E-state index is 13.2. The molecule has 1 unspecified atom stereocenters. The molecule has 0 spiro atoms. The molecule has 1 fully saturated rings. The number of anilines is 1. The summed E-state index contributed by atoms with van der Waals surface area (Å²) < 4.78 is 39.0. The van der Waals surface area contributed by atoms with Crippen molar-refractivity contribution in [3.05, 3.63) is 65.3 Å². The fraction of sp³-hybridized carbons (Fsp3) is 0.375. The number of sulfonamides is 1. The molecule has 3 aromatic rings. The zero-order valence-electron chi connectivity index (χ0n) is 19.5. The number of ether oxygens (including phenoxy) is 1. The summed E-state index contributed by atoms with van der Waals surface area (Å²) in [5.74, 6) is 1.55. The molecule has 0 bridgehead atoms. The lowest BCUT2D eigenvalue weighted by Crippen LogP contribution is -2.32. The Balaban J connectivity index is 1.55. The predicted molar refractivity (Wildman–Crippen MR) is 126 cm³/mol. The number of aromatic nitrogens is 2. The Bertz CT molecular complexity index is 1280. The number of methoxy groups -OCH3 is 1. The fourth-order valence-corrected chi connectivity index (χ4v) is 4.58. The first-order valence-electron chi connectivity index (χ1n) is 11.1. The minimum Gasteiger partial charge on any atom is -0.497 e. The van der Waals surface area contributed by atoms with Crippen LogP contribution in [0.3, 0.4) is 0 Å². The number of rotatable bonds is 9. The van der Waals surface area contributed by atoms with Gasteiger partial charge in [-0.05, 0) is 67.6 Å². The largest absolute Gasteiger partial charge is 0.497 e. The second kappa shape index (κ2) is 9.46. The molecule has 0 saturated heterocycles. The van der Waals surface area contributed by atoms with Gasteiger partial charge in [0.25, 0.3) is 15.9 Å². The summed E-state index contributed by atoms with van der Waals surface area (Å²) in [5.41, 5.74) is 1.29. The minimum atomic E-state index is -3.91. The van der Waals surface area contributed by atoms with Gasteiger partial charge in [0.1, 0.15) is 11.8 Å². The van der Waals surface area contributed by atoms with Gasteiger partial charge in [-0.15, -0.1) is 0 Å². The molecule has 1 atom stereocenters. The first kappa shape index (κ1) is 23.7. The van der Waals surface area contributed by atoms with E-state index in [1.807, 2.05) is 13.8 Å². The number of carbonyl (C=O) groups is 1. The Morgan fingerprint density at radius 2 is 1.85 bits per heavy atom. The van der Waals surface area contributed by atoms with Crippen molar-refractivity contribution in [3.63, 3.8) is 0 Å². The lowest BCUT2D eigenvalue weighted by Gasteiger charge is -2.19. The van der Waals surface area contributed by atoms with E-state index in [0.717, 1.165) is 12.8 Å². The maximum Gasteiger partial charge on any atom is 0.261 e. The van der Waals surface area contributed by atoms with Crippen molar-refractivity contribution >= 4 is 21.6 Å². The van der Waals surface area contributed by atoms with Gasteiger partial charge >= 0.3 is 0 Å². The highest BCUT2D eigenvalue weighted by molar-refractivity contribution is 7.92. The van der Waals surface area contributed by atoms with E-state index in [-0.39, 0.29) is 16.4 Å². The molecule has 1 heterocycles. The Morgan fingerprint density at radius 3 is 2.47 bits per heavy atom. The average molecular weight is 485 g/mol. The topological polar surface area (TPSA) is 123 Å². The van der Waals surface area contributed by atoms with Gasteiger partial charge in [0.15, 0.2) is 5.82 Å². The molecule has 4 rings (SSSR count). The summed E-state index contributed by atoms with van der Waals surface area (Å²) in [6.45, 7) is 5.64. The van der Waals surface area contributed by atoms with Gasteiger partial charge in [0.2, 0.25) is 5.89 Å². The molecule has 0 radical (unpaired) electrons. The maximum absolute atomic E-state index is 13.2. The normalized spacial score (nSPS) is 14.6. The highest BCUT2D eigenvalue weighted by Gasteiger charge is 2.32. The van der Waals surface area contributed by atoms with Gasteiger partial charge in [-0.1, -0.05) is 25.1 Å². The van der Waals surface area contributed by atoms with Crippen LogP contribution < -0.4 is 14.8 Å². The van der Waals surface area contributed by atoms with Crippen LogP contribution in [-0.2, 0) is 10.0 Å². The molecule has 0 aliphatic heterocycles. The summed E-state index contributed by atoms with van der Waals surface area (Å²) >= 11 is 0. The Hall–Kier alpha value is -3.40. The number of benzene rings is 2. The van der Waals surface area contributed by atoms with Crippen molar-refractivity contribution in [1.29, 1.82) is 0 Å².